The van der Waals surface area contributed by atoms with Crippen molar-refractivity contribution in [1.29, 1.82) is 0 Å². The zero-order chi connectivity index (χ0) is 13.5. The van der Waals surface area contributed by atoms with E-state index in [2.05, 4.69) is 10.2 Å². The maximum Gasteiger partial charge on any atom is 0.119 e. The molecule has 1 aliphatic rings. The fourth-order valence-electron chi connectivity index (χ4n) is 2.46. The molecule has 1 saturated heterocycles. The Bertz CT molecular complexity index is 378. The van der Waals surface area contributed by atoms with Crippen LogP contribution in [0.3, 0.4) is 0 Å². The van der Waals surface area contributed by atoms with Crippen molar-refractivity contribution in [2.45, 2.75) is 19.4 Å². The second-order valence-electron chi connectivity index (χ2n) is 4.99. The van der Waals surface area contributed by atoms with Crippen LogP contribution in [0.15, 0.2) is 24.3 Å². The van der Waals surface area contributed by atoms with Gasteiger partial charge in [0.2, 0.25) is 0 Å². The summed E-state index contributed by atoms with van der Waals surface area (Å²) in [6.45, 7) is 7.49. The summed E-state index contributed by atoms with van der Waals surface area (Å²) in [7, 11) is 0. The van der Waals surface area contributed by atoms with Gasteiger partial charge in [0.15, 0.2) is 0 Å². The SMILES string of the molecule is CCOc1cccc(CC(O)CN2CCNCC2)c1. The lowest BCUT2D eigenvalue weighted by Gasteiger charge is -2.29. The van der Waals surface area contributed by atoms with Gasteiger partial charge < -0.3 is 15.2 Å². The Morgan fingerprint density at radius 1 is 1.37 bits per heavy atom. The van der Waals surface area contributed by atoms with E-state index in [0.717, 1.165) is 44.0 Å². The van der Waals surface area contributed by atoms with Gasteiger partial charge in [-0.2, -0.15) is 0 Å². The Kier molecular flexibility index (Phi) is 5.63. The molecule has 4 nitrogen and oxygen atoms in total. The predicted octanol–water partition coefficient (Wildman–Crippen LogP) is 0.894. The summed E-state index contributed by atoms with van der Waals surface area (Å²) in [5.41, 5.74) is 1.13. The quantitative estimate of drug-likeness (QED) is 0.801. The van der Waals surface area contributed by atoms with Gasteiger partial charge in [-0.25, -0.2) is 0 Å². The van der Waals surface area contributed by atoms with Gasteiger partial charge >= 0.3 is 0 Å². The lowest BCUT2D eigenvalue weighted by Crippen LogP contribution is -2.46. The average molecular weight is 264 g/mol. The van der Waals surface area contributed by atoms with E-state index >= 15 is 0 Å². The van der Waals surface area contributed by atoms with Gasteiger partial charge in [0.05, 0.1) is 12.7 Å². The molecule has 2 rings (SSSR count). The Morgan fingerprint density at radius 2 is 2.16 bits per heavy atom. The van der Waals surface area contributed by atoms with E-state index in [4.69, 9.17) is 4.74 Å². The van der Waals surface area contributed by atoms with E-state index in [1.807, 2.05) is 31.2 Å². The number of aliphatic hydroxyl groups is 1. The number of nitrogens with one attached hydrogen (secondary N) is 1. The van der Waals surface area contributed by atoms with Crippen molar-refractivity contribution in [3.05, 3.63) is 29.8 Å². The summed E-state index contributed by atoms with van der Waals surface area (Å²) < 4.78 is 5.48. The molecule has 4 heteroatoms. The van der Waals surface area contributed by atoms with E-state index in [1.165, 1.54) is 0 Å². The lowest BCUT2D eigenvalue weighted by molar-refractivity contribution is 0.105. The molecule has 0 bridgehead atoms. The molecule has 1 unspecified atom stereocenters. The van der Waals surface area contributed by atoms with E-state index in [0.29, 0.717) is 13.0 Å². The highest BCUT2D eigenvalue weighted by atomic mass is 16.5. The highest BCUT2D eigenvalue weighted by Crippen LogP contribution is 2.15. The van der Waals surface area contributed by atoms with Crippen molar-refractivity contribution in [3.63, 3.8) is 0 Å². The van der Waals surface area contributed by atoms with Crippen LogP contribution in [0, 0.1) is 0 Å². The van der Waals surface area contributed by atoms with Crippen molar-refractivity contribution in [3.8, 4) is 5.75 Å². The topological polar surface area (TPSA) is 44.7 Å². The van der Waals surface area contributed by atoms with Crippen LogP contribution in [-0.2, 0) is 6.42 Å². The van der Waals surface area contributed by atoms with Crippen LogP contribution in [0.2, 0.25) is 0 Å². The van der Waals surface area contributed by atoms with Crippen molar-refractivity contribution in [2.24, 2.45) is 0 Å². The predicted molar refractivity (Wildman–Crippen MR) is 76.6 cm³/mol. The molecule has 0 saturated carbocycles. The smallest absolute Gasteiger partial charge is 0.119 e. The summed E-state index contributed by atoms with van der Waals surface area (Å²) in [4.78, 5) is 2.31. The minimum atomic E-state index is -0.310. The molecule has 0 aliphatic carbocycles. The highest BCUT2D eigenvalue weighted by Gasteiger charge is 2.14. The van der Waals surface area contributed by atoms with E-state index in [1.54, 1.807) is 0 Å². The Morgan fingerprint density at radius 3 is 2.89 bits per heavy atom. The van der Waals surface area contributed by atoms with Gasteiger partial charge in [0.25, 0.3) is 0 Å². The summed E-state index contributed by atoms with van der Waals surface area (Å²) in [6, 6.07) is 8.00. The Hall–Kier alpha value is -1.10. The fourth-order valence-corrected chi connectivity index (χ4v) is 2.46. The number of aliphatic hydroxyl groups excluding tert-OH is 1. The van der Waals surface area contributed by atoms with Gasteiger partial charge in [-0.15, -0.1) is 0 Å². The molecule has 1 aromatic rings. The zero-order valence-electron chi connectivity index (χ0n) is 11.6. The van der Waals surface area contributed by atoms with Gasteiger partial charge in [0.1, 0.15) is 5.75 Å². The first-order chi connectivity index (χ1) is 9.28. The molecule has 1 aliphatic heterocycles. The molecule has 0 radical (unpaired) electrons. The molecule has 2 N–H and O–H groups in total. The molecule has 0 amide bonds. The largest absolute Gasteiger partial charge is 0.494 e. The van der Waals surface area contributed by atoms with Crippen molar-refractivity contribution < 1.29 is 9.84 Å². The summed E-state index contributed by atoms with van der Waals surface area (Å²) in [6.07, 6.45) is 0.375. The zero-order valence-corrected chi connectivity index (χ0v) is 11.6. The van der Waals surface area contributed by atoms with E-state index in [9.17, 15) is 5.11 Å². The molecule has 1 fully saturated rings. The number of hydrogen-bond acceptors (Lipinski definition) is 4. The Labute approximate surface area is 115 Å². The van der Waals surface area contributed by atoms with Crippen LogP contribution in [0.5, 0.6) is 5.75 Å². The minimum Gasteiger partial charge on any atom is -0.494 e. The highest BCUT2D eigenvalue weighted by molar-refractivity contribution is 5.28. The molecule has 0 aromatic heterocycles. The summed E-state index contributed by atoms with van der Waals surface area (Å²) in [5.74, 6) is 0.884. The molecule has 0 spiro atoms. The first-order valence-corrected chi connectivity index (χ1v) is 7.11. The summed E-state index contributed by atoms with van der Waals surface area (Å²) in [5, 5.41) is 13.5. The lowest BCUT2D eigenvalue weighted by atomic mass is 10.1. The van der Waals surface area contributed by atoms with Gasteiger partial charge in [-0.3, -0.25) is 4.90 Å². The van der Waals surface area contributed by atoms with Crippen LogP contribution in [0.4, 0.5) is 0 Å². The number of nitrogens with zero attached hydrogens (tertiary/aromatic N) is 1. The van der Waals surface area contributed by atoms with E-state index < -0.39 is 0 Å². The second kappa shape index (κ2) is 7.48. The number of rotatable bonds is 6. The van der Waals surface area contributed by atoms with Crippen molar-refractivity contribution in [1.82, 2.24) is 10.2 Å². The van der Waals surface area contributed by atoms with E-state index in [-0.39, 0.29) is 6.10 Å². The number of ether oxygens (including phenoxy) is 1. The normalized spacial score (nSPS) is 18.2. The molecular formula is C15H24N2O2. The Balaban J connectivity index is 1.83. The maximum atomic E-state index is 10.2. The third kappa shape index (κ3) is 4.82. The van der Waals surface area contributed by atoms with Crippen LogP contribution >= 0.6 is 0 Å². The first kappa shape index (κ1) is 14.3. The van der Waals surface area contributed by atoms with Crippen molar-refractivity contribution >= 4 is 0 Å². The molecule has 1 atom stereocenters. The van der Waals surface area contributed by atoms with Crippen LogP contribution in [0.25, 0.3) is 0 Å². The standard InChI is InChI=1S/C15H24N2O2/c1-2-19-15-5-3-4-13(11-15)10-14(18)12-17-8-6-16-7-9-17/h3-5,11,14,16,18H,2,6-10,12H2,1H3. The third-order valence-electron chi connectivity index (χ3n) is 3.36. The van der Waals surface area contributed by atoms with Crippen LogP contribution in [0.1, 0.15) is 12.5 Å². The average Bonchev–Trinajstić information content (AvgIpc) is 2.40. The van der Waals surface area contributed by atoms with Gasteiger partial charge in [-0.05, 0) is 31.0 Å². The third-order valence-corrected chi connectivity index (χ3v) is 3.36. The monoisotopic (exact) mass is 264 g/mol. The van der Waals surface area contributed by atoms with Crippen LogP contribution in [-0.4, -0.2) is 55.4 Å². The molecular weight excluding hydrogens is 240 g/mol. The second-order valence-corrected chi connectivity index (χ2v) is 4.99. The summed E-state index contributed by atoms with van der Waals surface area (Å²) >= 11 is 0. The molecule has 1 aromatic carbocycles. The molecule has 1 heterocycles. The first-order valence-electron chi connectivity index (χ1n) is 7.11. The number of piperazine rings is 1. The van der Waals surface area contributed by atoms with Crippen LogP contribution < -0.4 is 10.1 Å². The van der Waals surface area contributed by atoms with Gasteiger partial charge in [0, 0.05) is 32.7 Å². The molecule has 106 valence electrons. The number of β-amino-alcohol motifs (C(OH)–C–C–N with tert-alkyl or cyclic N) is 1. The van der Waals surface area contributed by atoms with Gasteiger partial charge in [-0.1, -0.05) is 12.1 Å². The number of benzene rings is 1. The molecule has 19 heavy (non-hydrogen) atoms. The number of hydrogen-bond donors (Lipinski definition) is 2. The van der Waals surface area contributed by atoms with Crippen molar-refractivity contribution in [2.75, 3.05) is 39.3 Å². The maximum absolute atomic E-state index is 10.2. The minimum absolute atomic E-state index is 0.310. The fraction of sp³-hybridized carbons (Fsp3) is 0.600.